The van der Waals surface area contributed by atoms with Crippen molar-refractivity contribution >= 4 is 17.8 Å². The monoisotopic (exact) mass is 289 g/mol. The molecule has 8 heteroatoms. The first-order valence-electron chi connectivity index (χ1n) is 6.17. The lowest BCUT2D eigenvalue weighted by molar-refractivity contribution is -0.253. The quantitative estimate of drug-likeness (QED) is 0.647. The van der Waals surface area contributed by atoms with Gasteiger partial charge in [-0.15, -0.1) is 0 Å². The van der Waals surface area contributed by atoms with Gasteiger partial charge in [-0.1, -0.05) is 0 Å². The van der Waals surface area contributed by atoms with Crippen molar-refractivity contribution in [3.05, 3.63) is 0 Å². The summed E-state index contributed by atoms with van der Waals surface area (Å²) in [4.78, 5) is 33.5. The van der Waals surface area contributed by atoms with Crippen LogP contribution in [0, 0.1) is 0 Å². The zero-order valence-electron chi connectivity index (χ0n) is 11.8. The second-order valence-electron chi connectivity index (χ2n) is 4.61. The Hall–Kier alpha value is -1.67. The van der Waals surface area contributed by atoms with Gasteiger partial charge in [-0.2, -0.15) is 0 Å². The summed E-state index contributed by atoms with van der Waals surface area (Å²) in [6.45, 7) is 5.20. The number of aliphatic hydroxyl groups is 1. The predicted octanol–water partition coefficient (Wildman–Crippen LogP) is -0.908. The molecule has 0 spiro atoms. The summed E-state index contributed by atoms with van der Waals surface area (Å²) in [7, 11) is 0. The van der Waals surface area contributed by atoms with Crippen molar-refractivity contribution in [3.63, 3.8) is 0 Å². The third kappa shape index (κ3) is 4.17. The topological polar surface area (TPSA) is 111 Å². The maximum Gasteiger partial charge on any atom is 0.303 e. The number of nitrogens with one attached hydrogen (secondary N) is 1. The van der Waals surface area contributed by atoms with Gasteiger partial charge in [-0.3, -0.25) is 14.4 Å². The van der Waals surface area contributed by atoms with Crippen molar-refractivity contribution < 1.29 is 33.7 Å². The van der Waals surface area contributed by atoms with E-state index in [4.69, 9.17) is 14.2 Å². The maximum atomic E-state index is 11.2. The van der Waals surface area contributed by atoms with E-state index >= 15 is 0 Å². The highest BCUT2D eigenvalue weighted by Gasteiger charge is 2.48. The molecule has 0 radical (unpaired) electrons. The fraction of sp³-hybridized carbons (Fsp3) is 0.750. The fourth-order valence-electron chi connectivity index (χ4n) is 2.09. The Bertz CT molecular complexity index is 369. The Morgan fingerprint density at radius 1 is 1.05 bits per heavy atom. The molecule has 0 aromatic carbocycles. The Morgan fingerprint density at radius 3 is 2.00 bits per heavy atom. The summed E-state index contributed by atoms with van der Waals surface area (Å²) in [6, 6.07) is -1.02. The minimum atomic E-state index is -1.37. The summed E-state index contributed by atoms with van der Waals surface area (Å²) in [5.74, 6) is -1.64. The Balaban J connectivity index is 3.01. The lowest BCUT2D eigenvalue weighted by atomic mass is 9.97. The molecule has 0 bridgehead atoms. The lowest BCUT2D eigenvalue weighted by Crippen LogP contribution is -2.64. The van der Waals surface area contributed by atoms with Crippen LogP contribution in [0.1, 0.15) is 27.7 Å². The normalized spacial score (nSPS) is 33.1. The molecule has 1 rings (SSSR count). The molecule has 1 fully saturated rings. The summed E-state index contributed by atoms with van der Waals surface area (Å²) in [5.41, 5.74) is 0. The molecule has 1 saturated heterocycles. The second-order valence-corrected chi connectivity index (χ2v) is 4.61. The third-order valence-corrected chi connectivity index (χ3v) is 2.78. The van der Waals surface area contributed by atoms with Gasteiger partial charge in [0.15, 0.2) is 18.5 Å². The molecule has 8 nitrogen and oxygen atoms in total. The van der Waals surface area contributed by atoms with Crippen molar-refractivity contribution in [1.82, 2.24) is 5.32 Å². The molecule has 20 heavy (non-hydrogen) atoms. The Morgan fingerprint density at radius 2 is 1.55 bits per heavy atom. The molecule has 0 aromatic rings. The van der Waals surface area contributed by atoms with Crippen LogP contribution in [0.25, 0.3) is 0 Å². The zero-order chi connectivity index (χ0) is 15.4. The van der Waals surface area contributed by atoms with Crippen LogP contribution in [0.15, 0.2) is 0 Å². The minimum Gasteiger partial charge on any atom is -0.456 e. The molecular weight excluding hydrogens is 270 g/mol. The van der Waals surface area contributed by atoms with Gasteiger partial charge < -0.3 is 24.6 Å². The SMILES string of the molecule is CC(=O)N[C@@H]1[C@@H](OC(C)=O)[C@H](OC(C)=O)[C@@H](C)O[C@@H]1O. The van der Waals surface area contributed by atoms with E-state index in [1.807, 2.05) is 0 Å². The average molecular weight is 289 g/mol. The third-order valence-electron chi connectivity index (χ3n) is 2.78. The van der Waals surface area contributed by atoms with Crippen molar-refractivity contribution in [2.45, 2.75) is 58.3 Å². The van der Waals surface area contributed by atoms with Gasteiger partial charge in [0.2, 0.25) is 5.91 Å². The van der Waals surface area contributed by atoms with E-state index in [1.54, 1.807) is 6.92 Å². The number of rotatable bonds is 3. The number of carbonyl (C=O) groups excluding carboxylic acids is 3. The molecular formula is C12H19NO7. The van der Waals surface area contributed by atoms with Crippen LogP contribution in [0.2, 0.25) is 0 Å². The first kappa shape index (κ1) is 16.4. The summed E-state index contributed by atoms with van der Waals surface area (Å²) in [6.07, 6.45) is -4.01. The van der Waals surface area contributed by atoms with Gasteiger partial charge in [-0.25, -0.2) is 0 Å². The van der Waals surface area contributed by atoms with Gasteiger partial charge in [0.25, 0.3) is 0 Å². The van der Waals surface area contributed by atoms with Gasteiger partial charge >= 0.3 is 11.9 Å². The molecule has 1 aliphatic heterocycles. The van der Waals surface area contributed by atoms with E-state index < -0.39 is 48.5 Å². The number of hydrogen-bond acceptors (Lipinski definition) is 7. The molecule has 0 aromatic heterocycles. The van der Waals surface area contributed by atoms with Crippen molar-refractivity contribution in [1.29, 1.82) is 0 Å². The van der Waals surface area contributed by atoms with E-state index in [2.05, 4.69) is 5.32 Å². The fourth-order valence-corrected chi connectivity index (χ4v) is 2.09. The van der Waals surface area contributed by atoms with Crippen LogP contribution < -0.4 is 5.32 Å². The van der Waals surface area contributed by atoms with Crippen LogP contribution in [-0.2, 0) is 28.6 Å². The number of hydrogen-bond donors (Lipinski definition) is 2. The Labute approximate surface area is 116 Å². The van der Waals surface area contributed by atoms with Gasteiger partial charge in [-0.05, 0) is 6.92 Å². The van der Waals surface area contributed by atoms with Crippen LogP contribution in [0.4, 0.5) is 0 Å². The van der Waals surface area contributed by atoms with Crippen LogP contribution in [0.3, 0.4) is 0 Å². The first-order valence-corrected chi connectivity index (χ1v) is 6.17. The smallest absolute Gasteiger partial charge is 0.303 e. The van der Waals surface area contributed by atoms with Gasteiger partial charge in [0.1, 0.15) is 6.04 Å². The molecule has 0 aliphatic carbocycles. The van der Waals surface area contributed by atoms with E-state index in [-0.39, 0.29) is 0 Å². The largest absolute Gasteiger partial charge is 0.456 e. The van der Waals surface area contributed by atoms with Gasteiger partial charge in [0, 0.05) is 20.8 Å². The summed E-state index contributed by atoms with van der Waals surface area (Å²) in [5, 5.41) is 12.3. The lowest BCUT2D eigenvalue weighted by Gasteiger charge is -2.42. The average Bonchev–Trinajstić information content (AvgIpc) is 2.27. The molecule has 114 valence electrons. The number of esters is 2. The minimum absolute atomic E-state index is 0.439. The molecule has 5 atom stereocenters. The van der Waals surface area contributed by atoms with E-state index in [1.165, 1.54) is 20.8 Å². The standard InChI is InChI=1S/C12H19NO7/c1-5-10(19-7(3)15)11(20-8(4)16)9(12(17)18-5)13-6(2)14/h5,9-12,17H,1-4H3,(H,13,14)/t5-,9-,10-,11-,12+/m1/s1. The number of amides is 1. The van der Waals surface area contributed by atoms with E-state index in [9.17, 15) is 19.5 Å². The highest BCUT2D eigenvalue weighted by Crippen LogP contribution is 2.25. The van der Waals surface area contributed by atoms with Crippen molar-refractivity contribution in [2.75, 3.05) is 0 Å². The highest BCUT2D eigenvalue weighted by atomic mass is 16.7. The molecule has 1 amide bonds. The zero-order valence-corrected chi connectivity index (χ0v) is 11.8. The summed E-state index contributed by atoms with van der Waals surface area (Å²) >= 11 is 0. The maximum absolute atomic E-state index is 11.2. The number of ether oxygens (including phenoxy) is 3. The van der Waals surface area contributed by atoms with Crippen LogP contribution in [0.5, 0.6) is 0 Å². The van der Waals surface area contributed by atoms with E-state index in [0.717, 1.165) is 0 Å². The molecule has 0 unspecified atom stereocenters. The molecule has 0 saturated carbocycles. The number of aliphatic hydroxyl groups excluding tert-OH is 1. The first-order chi connectivity index (χ1) is 9.22. The van der Waals surface area contributed by atoms with Crippen LogP contribution >= 0.6 is 0 Å². The highest BCUT2D eigenvalue weighted by molar-refractivity contribution is 5.73. The van der Waals surface area contributed by atoms with Crippen molar-refractivity contribution in [2.24, 2.45) is 0 Å². The van der Waals surface area contributed by atoms with E-state index in [0.29, 0.717) is 0 Å². The molecule has 1 heterocycles. The predicted molar refractivity (Wildman–Crippen MR) is 65.3 cm³/mol. The molecule has 2 N–H and O–H groups in total. The number of carbonyl (C=O) groups is 3. The van der Waals surface area contributed by atoms with Crippen LogP contribution in [-0.4, -0.2) is 53.6 Å². The Kier molecular flexibility index (Phi) is 5.46. The second kappa shape index (κ2) is 6.67. The summed E-state index contributed by atoms with van der Waals surface area (Å²) < 4.78 is 15.4. The molecule has 1 aliphatic rings. The van der Waals surface area contributed by atoms with Crippen molar-refractivity contribution in [3.8, 4) is 0 Å². The van der Waals surface area contributed by atoms with Gasteiger partial charge in [0.05, 0.1) is 6.10 Å².